The zero-order valence-electron chi connectivity index (χ0n) is 9.26. The highest BCUT2D eigenvalue weighted by atomic mass is 32.1. The van der Waals surface area contributed by atoms with E-state index in [0.29, 0.717) is 0 Å². The molecule has 0 aliphatic carbocycles. The molecule has 0 saturated carbocycles. The van der Waals surface area contributed by atoms with Crippen molar-refractivity contribution in [2.24, 2.45) is 0 Å². The maximum absolute atomic E-state index is 11.2. The number of pyridine rings is 1. The molecule has 0 spiro atoms. The molecular weight excluding hydrogens is 252 g/mol. The fourth-order valence-corrected chi connectivity index (χ4v) is 1.98. The molecule has 2 aromatic rings. The van der Waals surface area contributed by atoms with Crippen molar-refractivity contribution in [3.8, 4) is 17.4 Å². The Morgan fingerprint density at radius 1 is 1.61 bits per heavy atom. The van der Waals surface area contributed by atoms with Gasteiger partial charge < -0.3 is 26.9 Å². The summed E-state index contributed by atoms with van der Waals surface area (Å²) >= 11 is 4.96. The molecule has 90 valence electrons. The van der Waals surface area contributed by atoms with Gasteiger partial charge in [-0.2, -0.15) is 5.26 Å². The van der Waals surface area contributed by atoms with Crippen molar-refractivity contribution in [3.63, 3.8) is 0 Å². The number of furan rings is 1. The number of hydrogen-bond acceptors (Lipinski definition) is 6. The van der Waals surface area contributed by atoms with E-state index in [1.165, 1.54) is 13.2 Å². The van der Waals surface area contributed by atoms with Crippen LogP contribution in [0.3, 0.4) is 0 Å². The van der Waals surface area contributed by atoms with E-state index in [1.807, 2.05) is 6.07 Å². The Bertz CT molecular complexity index is 657. The second-order valence-corrected chi connectivity index (χ2v) is 3.89. The first-order valence-electron chi connectivity index (χ1n) is 4.93. The van der Waals surface area contributed by atoms with Crippen LogP contribution >= 0.6 is 0 Å². The number of aryl methyl sites for hydroxylation is 1. The van der Waals surface area contributed by atoms with E-state index in [-0.39, 0.29) is 33.2 Å². The molecule has 0 amide bonds. The summed E-state index contributed by atoms with van der Waals surface area (Å²) in [6.45, 7) is 1.49. The van der Waals surface area contributed by atoms with Gasteiger partial charge in [-0.1, -0.05) is 5.03 Å². The molecule has 0 fully saturated rings. The molecule has 0 unspecified atom stereocenters. The number of nitriles is 1. The van der Waals surface area contributed by atoms with Crippen LogP contribution in [-0.4, -0.2) is 11.0 Å². The third-order valence-electron chi connectivity index (χ3n) is 2.43. The van der Waals surface area contributed by atoms with Gasteiger partial charge in [0.2, 0.25) is 0 Å². The van der Waals surface area contributed by atoms with Crippen LogP contribution in [0, 0.1) is 18.3 Å². The number of hydrogen-bond donors (Lipinski definition) is 0. The molecule has 2 heterocycles. The van der Waals surface area contributed by atoms with Gasteiger partial charge in [0.25, 0.3) is 0 Å². The number of carbonyl (C=O) groups is 1. The quantitative estimate of drug-likeness (QED) is 0.740. The van der Waals surface area contributed by atoms with Gasteiger partial charge in [-0.25, -0.2) is 0 Å². The van der Waals surface area contributed by atoms with E-state index in [0.717, 1.165) is 0 Å². The number of carbonyl (C=O) groups excluding carboxylic acids is 1. The van der Waals surface area contributed by atoms with Crippen LogP contribution in [0.15, 0.2) is 27.8 Å². The molecule has 5 nitrogen and oxygen atoms in total. The monoisotopic (exact) mass is 258 g/mol. The Morgan fingerprint density at radius 2 is 2.33 bits per heavy atom. The van der Waals surface area contributed by atoms with Crippen LogP contribution in [0.1, 0.15) is 21.6 Å². The van der Waals surface area contributed by atoms with Crippen LogP contribution in [0.25, 0.3) is 11.3 Å². The summed E-state index contributed by atoms with van der Waals surface area (Å²) in [6, 6.07) is 5.00. The van der Waals surface area contributed by atoms with Gasteiger partial charge in [-0.3, -0.25) is 4.98 Å². The molecule has 0 bridgehead atoms. The van der Waals surface area contributed by atoms with Gasteiger partial charge in [-0.05, 0) is 19.1 Å². The molecule has 0 atom stereocenters. The second-order valence-electron chi connectivity index (χ2n) is 3.50. The van der Waals surface area contributed by atoms with Crippen molar-refractivity contribution in [2.75, 3.05) is 0 Å². The number of carboxylic acid groups (broad SMARTS) is 1. The number of carboxylic acids is 1. The van der Waals surface area contributed by atoms with Crippen LogP contribution in [0.5, 0.6) is 0 Å². The summed E-state index contributed by atoms with van der Waals surface area (Å²) in [7, 11) is 0. The Kier molecular flexibility index (Phi) is 3.00. The smallest absolute Gasteiger partial charge is 0.135 e. The van der Waals surface area contributed by atoms with Gasteiger partial charge in [0.1, 0.15) is 5.76 Å². The minimum Gasteiger partial charge on any atom is -0.759 e. The maximum atomic E-state index is 11.2. The first kappa shape index (κ1) is 12.1. The minimum absolute atomic E-state index is 0.00440. The predicted molar refractivity (Wildman–Crippen MR) is 61.4 cm³/mol. The van der Waals surface area contributed by atoms with Crippen molar-refractivity contribution in [3.05, 3.63) is 35.2 Å². The standard InChI is InChI=1S/C12H8N2O3S/c1-6-9(12(15)16)10(8-3-2-4-17-8)7(5-13)11(18)14-6/h2-4H,1H3,(H,14,18)(H,15,16)/p-2. The summed E-state index contributed by atoms with van der Waals surface area (Å²) in [5, 5.41) is 20.3. The third-order valence-corrected chi connectivity index (χ3v) is 2.72. The Morgan fingerprint density at radius 3 is 2.83 bits per heavy atom. The van der Waals surface area contributed by atoms with E-state index in [4.69, 9.17) is 22.3 Å². The van der Waals surface area contributed by atoms with Crippen molar-refractivity contribution in [2.45, 2.75) is 11.9 Å². The van der Waals surface area contributed by atoms with E-state index in [9.17, 15) is 9.90 Å². The highest BCUT2D eigenvalue weighted by molar-refractivity contribution is 7.58. The summed E-state index contributed by atoms with van der Waals surface area (Å²) in [5.74, 6) is -1.17. The summed E-state index contributed by atoms with van der Waals surface area (Å²) < 4.78 is 5.15. The molecule has 0 saturated heterocycles. The molecule has 0 radical (unpaired) electrons. The van der Waals surface area contributed by atoms with Crippen molar-refractivity contribution in [1.82, 2.24) is 4.98 Å². The Labute approximate surface area is 108 Å². The van der Waals surface area contributed by atoms with Gasteiger partial charge in [0, 0.05) is 16.8 Å². The van der Waals surface area contributed by atoms with E-state index >= 15 is 0 Å². The van der Waals surface area contributed by atoms with Gasteiger partial charge in [0.05, 0.1) is 23.9 Å². The number of rotatable bonds is 2. The van der Waals surface area contributed by atoms with Crippen LogP contribution in [0.4, 0.5) is 0 Å². The number of aromatic nitrogens is 1. The molecule has 0 aliphatic rings. The lowest BCUT2D eigenvalue weighted by Crippen LogP contribution is -2.25. The molecule has 0 aromatic carbocycles. The Balaban J connectivity index is 2.91. The van der Waals surface area contributed by atoms with Crippen LogP contribution in [-0.2, 0) is 12.6 Å². The van der Waals surface area contributed by atoms with Gasteiger partial charge in [0.15, 0.2) is 0 Å². The summed E-state index contributed by atoms with van der Waals surface area (Å²) in [4.78, 5) is 15.0. The van der Waals surface area contributed by atoms with Gasteiger partial charge in [-0.15, -0.1) is 0 Å². The fourth-order valence-electron chi connectivity index (χ4n) is 1.70. The molecular formula is C12H6N2O3S-2. The molecule has 2 aromatic heterocycles. The predicted octanol–water partition coefficient (Wildman–Crippen LogP) is 0.791. The lowest BCUT2D eigenvalue weighted by molar-refractivity contribution is -0.255. The third kappa shape index (κ3) is 1.81. The first-order chi connectivity index (χ1) is 8.56. The molecule has 2 rings (SSSR count). The van der Waals surface area contributed by atoms with E-state index in [2.05, 4.69) is 4.98 Å². The summed E-state index contributed by atoms with van der Waals surface area (Å²) in [6.07, 6.45) is 1.38. The highest BCUT2D eigenvalue weighted by Crippen LogP contribution is 2.30. The zero-order chi connectivity index (χ0) is 13.3. The number of aromatic carboxylic acids is 1. The van der Waals surface area contributed by atoms with Crippen molar-refractivity contribution in [1.29, 1.82) is 5.26 Å². The van der Waals surface area contributed by atoms with Gasteiger partial charge >= 0.3 is 0 Å². The Hall–Kier alpha value is -2.39. The average Bonchev–Trinajstić information content (AvgIpc) is 2.80. The largest absolute Gasteiger partial charge is 0.759 e. The topological polar surface area (TPSA) is 90.0 Å². The SMILES string of the molecule is Cc1nc([S-])c(C#N)c(-c2ccco2)c1C(=O)[O-]. The highest BCUT2D eigenvalue weighted by Gasteiger charge is 2.17. The minimum atomic E-state index is -1.42. The fraction of sp³-hybridized carbons (Fsp3) is 0.0833. The molecule has 0 aliphatic heterocycles. The number of nitrogens with zero attached hydrogens (tertiary/aromatic N) is 2. The molecule has 18 heavy (non-hydrogen) atoms. The zero-order valence-corrected chi connectivity index (χ0v) is 10.1. The van der Waals surface area contributed by atoms with Crippen molar-refractivity contribution < 1.29 is 14.3 Å². The van der Waals surface area contributed by atoms with E-state index < -0.39 is 5.97 Å². The second kappa shape index (κ2) is 4.47. The summed E-state index contributed by atoms with van der Waals surface area (Å²) in [5.41, 5.74) is 0.158. The maximum Gasteiger partial charge on any atom is 0.135 e. The lowest BCUT2D eigenvalue weighted by Gasteiger charge is -2.18. The van der Waals surface area contributed by atoms with Crippen LogP contribution in [0.2, 0.25) is 0 Å². The first-order valence-corrected chi connectivity index (χ1v) is 5.34. The van der Waals surface area contributed by atoms with Crippen molar-refractivity contribution >= 4 is 18.6 Å². The molecule has 6 heteroatoms. The normalized spacial score (nSPS) is 10.0. The molecule has 0 N–H and O–H groups in total. The van der Waals surface area contributed by atoms with E-state index in [1.54, 1.807) is 12.1 Å². The lowest BCUT2D eigenvalue weighted by atomic mass is 10.00. The van der Waals surface area contributed by atoms with Crippen LogP contribution < -0.4 is 5.11 Å². The average molecular weight is 258 g/mol.